The first-order valence-corrected chi connectivity index (χ1v) is 6.66. The Morgan fingerprint density at radius 2 is 2.47 bits per heavy atom. The van der Waals surface area contributed by atoms with Gasteiger partial charge < -0.3 is 10.4 Å². The minimum Gasteiger partial charge on any atom is -0.392 e. The predicted molar refractivity (Wildman–Crippen MR) is 64.1 cm³/mol. The molecule has 0 aliphatic heterocycles. The molecule has 1 aromatic heterocycles. The van der Waals surface area contributed by atoms with Gasteiger partial charge in [0.1, 0.15) is 0 Å². The SMILES string of the molecule is CCC(N[C@@H]1CCC[C@H]1O)c1cccs1. The van der Waals surface area contributed by atoms with Gasteiger partial charge in [-0.15, -0.1) is 11.3 Å². The Labute approximate surface area is 95.3 Å². The highest BCUT2D eigenvalue weighted by Gasteiger charge is 2.27. The monoisotopic (exact) mass is 225 g/mol. The number of hydrogen-bond donors (Lipinski definition) is 2. The van der Waals surface area contributed by atoms with Gasteiger partial charge in [0.25, 0.3) is 0 Å². The van der Waals surface area contributed by atoms with Crippen molar-refractivity contribution in [2.75, 3.05) is 0 Å². The fourth-order valence-electron chi connectivity index (χ4n) is 2.28. The van der Waals surface area contributed by atoms with Gasteiger partial charge in [0.2, 0.25) is 0 Å². The van der Waals surface area contributed by atoms with E-state index in [9.17, 15) is 5.11 Å². The van der Waals surface area contributed by atoms with Crippen molar-refractivity contribution in [1.82, 2.24) is 5.32 Å². The van der Waals surface area contributed by atoms with E-state index >= 15 is 0 Å². The fourth-order valence-corrected chi connectivity index (χ4v) is 3.15. The Kier molecular flexibility index (Phi) is 3.78. The van der Waals surface area contributed by atoms with Gasteiger partial charge in [0.05, 0.1) is 6.10 Å². The molecule has 1 aromatic rings. The number of aliphatic hydroxyl groups is 1. The summed E-state index contributed by atoms with van der Waals surface area (Å²) in [5.74, 6) is 0. The molecule has 1 aliphatic rings. The quantitative estimate of drug-likeness (QED) is 0.825. The minimum absolute atomic E-state index is 0.140. The molecule has 2 nitrogen and oxygen atoms in total. The van der Waals surface area contributed by atoms with E-state index in [-0.39, 0.29) is 6.10 Å². The van der Waals surface area contributed by atoms with Crippen molar-refractivity contribution in [3.63, 3.8) is 0 Å². The van der Waals surface area contributed by atoms with Crippen LogP contribution in [-0.2, 0) is 0 Å². The van der Waals surface area contributed by atoms with Gasteiger partial charge in [-0.3, -0.25) is 0 Å². The Morgan fingerprint density at radius 3 is 3.00 bits per heavy atom. The number of nitrogens with one attached hydrogen (secondary N) is 1. The first-order chi connectivity index (χ1) is 7.31. The molecule has 0 spiro atoms. The Bertz CT molecular complexity index is 286. The molecule has 1 saturated carbocycles. The van der Waals surface area contributed by atoms with E-state index in [0.717, 1.165) is 25.7 Å². The van der Waals surface area contributed by atoms with Crippen LogP contribution >= 0.6 is 11.3 Å². The zero-order chi connectivity index (χ0) is 10.7. The number of thiophene rings is 1. The van der Waals surface area contributed by atoms with Crippen LogP contribution in [0.5, 0.6) is 0 Å². The van der Waals surface area contributed by atoms with Gasteiger partial charge in [0, 0.05) is 17.0 Å². The third kappa shape index (κ3) is 2.60. The largest absolute Gasteiger partial charge is 0.392 e. The molecule has 3 heteroatoms. The molecule has 1 fully saturated rings. The van der Waals surface area contributed by atoms with E-state index in [1.165, 1.54) is 4.88 Å². The van der Waals surface area contributed by atoms with E-state index < -0.39 is 0 Å². The Hall–Kier alpha value is -0.380. The van der Waals surface area contributed by atoms with Crippen LogP contribution in [0, 0.1) is 0 Å². The molecule has 0 radical (unpaired) electrons. The lowest BCUT2D eigenvalue weighted by Crippen LogP contribution is -2.37. The van der Waals surface area contributed by atoms with Gasteiger partial charge in [0.15, 0.2) is 0 Å². The second kappa shape index (κ2) is 5.10. The first-order valence-electron chi connectivity index (χ1n) is 5.78. The summed E-state index contributed by atoms with van der Waals surface area (Å²) in [6.07, 6.45) is 4.17. The lowest BCUT2D eigenvalue weighted by molar-refractivity contribution is 0.142. The molecular weight excluding hydrogens is 206 g/mol. The highest BCUT2D eigenvalue weighted by molar-refractivity contribution is 7.10. The first kappa shape index (κ1) is 11.1. The topological polar surface area (TPSA) is 32.3 Å². The summed E-state index contributed by atoms with van der Waals surface area (Å²) in [5.41, 5.74) is 0. The van der Waals surface area contributed by atoms with Crippen LogP contribution in [0.2, 0.25) is 0 Å². The molecule has 84 valence electrons. The van der Waals surface area contributed by atoms with Crippen molar-refractivity contribution in [2.24, 2.45) is 0 Å². The smallest absolute Gasteiger partial charge is 0.0693 e. The average molecular weight is 225 g/mol. The molecule has 0 saturated heterocycles. The maximum atomic E-state index is 9.77. The van der Waals surface area contributed by atoms with Crippen molar-refractivity contribution in [3.8, 4) is 0 Å². The highest BCUT2D eigenvalue weighted by Crippen LogP contribution is 2.26. The summed E-state index contributed by atoms with van der Waals surface area (Å²) < 4.78 is 0. The predicted octanol–water partition coefficient (Wildman–Crippen LogP) is 2.70. The molecule has 2 N–H and O–H groups in total. The van der Waals surface area contributed by atoms with Crippen LogP contribution in [0.3, 0.4) is 0 Å². The zero-order valence-electron chi connectivity index (χ0n) is 9.15. The van der Waals surface area contributed by atoms with E-state index in [1.54, 1.807) is 11.3 Å². The van der Waals surface area contributed by atoms with Crippen LogP contribution in [0.4, 0.5) is 0 Å². The van der Waals surface area contributed by atoms with Gasteiger partial charge in [-0.25, -0.2) is 0 Å². The van der Waals surface area contributed by atoms with Crippen LogP contribution < -0.4 is 5.32 Å². The van der Waals surface area contributed by atoms with E-state index in [2.05, 4.69) is 29.8 Å². The Balaban J connectivity index is 1.96. The molecule has 0 aromatic carbocycles. The van der Waals surface area contributed by atoms with Gasteiger partial charge in [-0.2, -0.15) is 0 Å². The van der Waals surface area contributed by atoms with Crippen molar-refractivity contribution in [1.29, 1.82) is 0 Å². The van der Waals surface area contributed by atoms with Crippen molar-refractivity contribution < 1.29 is 5.11 Å². The summed E-state index contributed by atoms with van der Waals surface area (Å²) in [7, 11) is 0. The molecule has 15 heavy (non-hydrogen) atoms. The zero-order valence-corrected chi connectivity index (χ0v) is 9.96. The maximum absolute atomic E-state index is 9.77. The summed E-state index contributed by atoms with van der Waals surface area (Å²) >= 11 is 1.80. The van der Waals surface area contributed by atoms with E-state index in [1.807, 2.05) is 0 Å². The average Bonchev–Trinajstić information content (AvgIpc) is 2.86. The van der Waals surface area contributed by atoms with Crippen molar-refractivity contribution in [3.05, 3.63) is 22.4 Å². The van der Waals surface area contributed by atoms with Gasteiger partial charge in [-0.05, 0) is 37.1 Å². The lowest BCUT2D eigenvalue weighted by atomic mass is 10.1. The van der Waals surface area contributed by atoms with Crippen molar-refractivity contribution >= 4 is 11.3 Å². The second-order valence-electron chi connectivity index (χ2n) is 4.25. The number of aliphatic hydroxyl groups excluding tert-OH is 1. The molecule has 0 amide bonds. The molecule has 1 aliphatic carbocycles. The summed E-state index contributed by atoms with van der Waals surface area (Å²) in [6.45, 7) is 2.19. The van der Waals surface area contributed by atoms with Crippen molar-refractivity contribution in [2.45, 2.75) is 50.8 Å². The van der Waals surface area contributed by atoms with Crippen LogP contribution in [0.1, 0.15) is 43.5 Å². The summed E-state index contributed by atoms with van der Waals surface area (Å²) in [4.78, 5) is 1.39. The lowest BCUT2D eigenvalue weighted by Gasteiger charge is -2.23. The Morgan fingerprint density at radius 1 is 1.60 bits per heavy atom. The molecule has 0 bridgehead atoms. The molecule has 3 atom stereocenters. The van der Waals surface area contributed by atoms with Gasteiger partial charge in [-0.1, -0.05) is 13.0 Å². The molecule has 1 unspecified atom stereocenters. The number of rotatable bonds is 4. The summed E-state index contributed by atoms with van der Waals surface area (Å²) in [5, 5.41) is 15.5. The minimum atomic E-state index is -0.140. The molecule has 2 rings (SSSR count). The highest BCUT2D eigenvalue weighted by atomic mass is 32.1. The maximum Gasteiger partial charge on any atom is 0.0693 e. The van der Waals surface area contributed by atoms with Crippen LogP contribution in [0.25, 0.3) is 0 Å². The fraction of sp³-hybridized carbons (Fsp3) is 0.667. The van der Waals surface area contributed by atoms with E-state index in [0.29, 0.717) is 12.1 Å². The third-order valence-electron chi connectivity index (χ3n) is 3.19. The number of hydrogen-bond acceptors (Lipinski definition) is 3. The second-order valence-corrected chi connectivity index (χ2v) is 5.23. The third-order valence-corrected chi connectivity index (χ3v) is 4.18. The van der Waals surface area contributed by atoms with Crippen LogP contribution in [-0.4, -0.2) is 17.3 Å². The van der Waals surface area contributed by atoms with Crippen LogP contribution in [0.15, 0.2) is 17.5 Å². The molecule has 1 heterocycles. The van der Waals surface area contributed by atoms with Gasteiger partial charge >= 0.3 is 0 Å². The summed E-state index contributed by atoms with van der Waals surface area (Å²) in [6, 6.07) is 4.99. The van der Waals surface area contributed by atoms with E-state index in [4.69, 9.17) is 0 Å². The molecular formula is C12H19NOS. The standard InChI is InChI=1S/C12H19NOS/c1-2-9(12-7-4-8-15-12)13-10-5-3-6-11(10)14/h4,7-11,13-14H,2-3,5-6H2,1H3/t9?,10-,11-/m1/s1. The normalized spacial score (nSPS) is 28.1.